The molecule has 18 heavy (non-hydrogen) atoms. The number of fused-ring (bicyclic) bond motifs is 2. The normalized spacial score (nSPS) is 32.1. The van der Waals surface area contributed by atoms with Gasteiger partial charge < -0.3 is 10.5 Å². The fourth-order valence-corrected chi connectivity index (χ4v) is 3.46. The second kappa shape index (κ2) is 4.67. The van der Waals surface area contributed by atoms with Crippen molar-refractivity contribution < 1.29 is 4.74 Å². The molecule has 1 aromatic heterocycles. The Morgan fingerprint density at radius 3 is 2.94 bits per heavy atom. The smallest absolute Gasteiger partial charge is 0.0624 e. The third-order valence-electron chi connectivity index (χ3n) is 4.54. The quantitative estimate of drug-likeness (QED) is 0.878. The molecule has 3 rings (SSSR count). The van der Waals surface area contributed by atoms with E-state index in [-0.39, 0.29) is 6.04 Å². The van der Waals surface area contributed by atoms with Crippen molar-refractivity contribution in [3.63, 3.8) is 0 Å². The number of hydrogen-bond donors (Lipinski definition) is 1. The summed E-state index contributed by atoms with van der Waals surface area (Å²) in [6, 6.07) is 2.40. The average molecular weight is 249 g/mol. The molecule has 2 bridgehead atoms. The zero-order chi connectivity index (χ0) is 12.7. The summed E-state index contributed by atoms with van der Waals surface area (Å²) < 4.78 is 7.88. The SMILES string of the molecule is CCc1cc(CC(N)C2CC3CCC2O3)n(C)n1. The summed E-state index contributed by atoms with van der Waals surface area (Å²) in [6.45, 7) is 2.13. The summed E-state index contributed by atoms with van der Waals surface area (Å²) in [5.74, 6) is 0.545. The average Bonchev–Trinajstić information content (AvgIpc) is 3.05. The summed E-state index contributed by atoms with van der Waals surface area (Å²) in [5, 5.41) is 4.49. The second-order valence-electron chi connectivity index (χ2n) is 5.75. The lowest BCUT2D eigenvalue weighted by molar-refractivity contribution is 0.0884. The van der Waals surface area contributed by atoms with Gasteiger partial charge in [-0.05, 0) is 31.7 Å². The monoisotopic (exact) mass is 249 g/mol. The fraction of sp³-hybridized carbons (Fsp3) is 0.786. The highest BCUT2D eigenvalue weighted by molar-refractivity contribution is 5.12. The fourth-order valence-electron chi connectivity index (χ4n) is 3.46. The van der Waals surface area contributed by atoms with Crippen LogP contribution in [-0.2, 0) is 24.6 Å². The van der Waals surface area contributed by atoms with Crippen LogP contribution in [0, 0.1) is 5.92 Å². The molecular formula is C14H23N3O. The van der Waals surface area contributed by atoms with Crippen molar-refractivity contribution in [3.8, 4) is 0 Å². The molecule has 0 radical (unpaired) electrons. The third kappa shape index (κ3) is 2.08. The van der Waals surface area contributed by atoms with Gasteiger partial charge in [-0.1, -0.05) is 6.92 Å². The minimum Gasteiger partial charge on any atom is -0.375 e. The minimum atomic E-state index is 0.209. The number of rotatable bonds is 4. The molecule has 100 valence electrons. The van der Waals surface area contributed by atoms with Crippen molar-refractivity contribution in [3.05, 3.63) is 17.5 Å². The molecule has 2 saturated heterocycles. The molecule has 0 amide bonds. The topological polar surface area (TPSA) is 53.1 Å². The zero-order valence-electron chi connectivity index (χ0n) is 11.3. The summed E-state index contributed by atoms with van der Waals surface area (Å²) in [7, 11) is 2.01. The van der Waals surface area contributed by atoms with Gasteiger partial charge in [-0.25, -0.2) is 0 Å². The number of nitrogens with two attached hydrogens (primary N) is 1. The van der Waals surface area contributed by atoms with Crippen LogP contribution in [0.5, 0.6) is 0 Å². The third-order valence-corrected chi connectivity index (χ3v) is 4.54. The molecule has 0 spiro atoms. The van der Waals surface area contributed by atoms with Crippen LogP contribution < -0.4 is 5.73 Å². The summed E-state index contributed by atoms with van der Waals surface area (Å²) in [4.78, 5) is 0. The molecule has 3 heterocycles. The highest BCUT2D eigenvalue weighted by atomic mass is 16.5. The number of ether oxygens (including phenoxy) is 1. The second-order valence-corrected chi connectivity index (χ2v) is 5.75. The molecule has 4 unspecified atom stereocenters. The first kappa shape index (κ1) is 12.2. The Morgan fingerprint density at radius 2 is 2.39 bits per heavy atom. The molecule has 1 aromatic rings. The van der Waals surface area contributed by atoms with Crippen molar-refractivity contribution in [2.24, 2.45) is 18.7 Å². The van der Waals surface area contributed by atoms with Gasteiger partial charge in [-0.15, -0.1) is 0 Å². The molecule has 2 fully saturated rings. The van der Waals surface area contributed by atoms with Gasteiger partial charge in [0, 0.05) is 31.1 Å². The summed E-state index contributed by atoms with van der Waals surface area (Å²) in [5.41, 5.74) is 8.80. The Labute approximate surface area is 108 Å². The highest BCUT2D eigenvalue weighted by Crippen LogP contribution is 2.40. The minimum absolute atomic E-state index is 0.209. The van der Waals surface area contributed by atoms with E-state index in [1.54, 1.807) is 0 Å². The Kier molecular flexibility index (Phi) is 3.16. The predicted octanol–water partition coefficient (Wildman–Crippen LogP) is 1.42. The zero-order valence-corrected chi connectivity index (χ0v) is 11.3. The standard InChI is InChI=1S/C14H23N3O/c1-3-9-6-10(17(2)16-9)7-13(15)12-8-11-4-5-14(12)18-11/h6,11-14H,3-5,7-8,15H2,1-2H3. The lowest BCUT2D eigenvalue weighted by Crippen LogP contribution is -2.38. The summed E-state index contributed by atoms with van der Waals surface area (Å²) in [6.07, 6.45) is 6.41. The first-order valence-corrected chi connectivity index (χ1v) is 7.10. The molecule has 2 aliphatic heterocycles. The van der Waals surface area contributed by atoms with Crippen LogP contribution in [0.25, 0.3) is 0 Å². The van der Waals surface area contributed by atoms with E-state index in [2.05, 4.69) is 18.1 Å². The maximum atomic E-state index is 6.40. The highest BCUT2D eigenvalue weighted by Gasteiger charge is 2.43. The van der Waals surface area contributed by atoms with Crippen LogP contribution in [0.4, 0.5) is 0 Å². The maximum Gasteiger partial charge on any atom is 0.0624 e. The molecule has 0 saturated carbocycles. The van der Waals surface area contributed by atoms with E-state index in [0.717, 1.165) is 25.0 Å². The van der Waals surface area contributed by atoms with Gasteiger partial charge in [0.15, 0.2) is 0 Å². The van der Waals surface area contributed by atoms with Gasteiger partial charge in [0.2, 0.25) is 0 Å². The summed E-state index contributed by atoms with van der Waals surface area (Å²) >= 11 is 0. The molecule has 4 nitrogen and oxygen atoms in total. The van der Waals surface area contributed by atoms with Crippen LogP contribution >= 0.6 is 0 Å². The van der Waals surface area contributed by atoms with E-state index in [4.69, 9.17) is 10.5 Å². The Bertz CT molecular complexity index is 429. The Hall–Kier alpha value is -0.870. The Balaban J connectivity index is 1.66. The van der Waals surface area contributed by atoms with E-state index in [0.29, 0.717) is 18.1 Å². The first-order chi connectivity index (χ1) is 8.67. The van der Waals surface area contributed by atoms with Crippen LogP contribution in [-0.4, -0.2) is 28.0 Å². The largest absolute Gasteiger partial charge is 0.375 e. The van der Waals surface area contributed by atoms with E-state index in [9.17, 15) is 0 Å². The van der Waals surface area contributed by atoms with Gasteiger partial charge in [-0.2, -0.15) is 5.10 Å². The molecule has 0 aliphatic carbocycles. The van der Waals surface area contributed by atoms with Gasteiger partial charge >= 0.3 is 0 Å². The van der Waals surface area contributed by atoms with E-state index in [1.807, 2.05) is 11.7 Å². The van der Waals surface area contributed by atoms with Crippen LogP contribution in [0.2, 0.25) is 0 Å². The number of hydrogen-bond acceptors (Lipinski definition) is 3. The van der Waals surface area contributed by atoms with E-state index >= 15 is 0 Å². The van der Waals surface area contributed by atoms with Crippen LogP contribution in [0.3, 0.4) is 0 Å². The molecule has 2 aliphatic rings. The van der Waals surface area contributed by atoms with Gasteiger partial charge in [-0.3, -0.25) is 4.68 Å². The molecular weight excluding hydrogens is 226 g/mol. The first-order valence-electron chi connectivity index (χ1n) is 7.10. The van der Waals surface area contributed by atoms with Crippen molar-refractivity contribution in [2.75, 3.05) is 0 Å². The van der Waals surface area contributed by atoms with Crippen LogP contribution in [0.15, 0.2) is 6.07 Å². The van der Waals surface area contributed by atoms with Crippen molar-refractivity contribution in [1.29, 1.82) is 0 Å². The van der Waals surface area contributed by atoms with Gasteiger partial charge in [0.05, 0.1) is 17.9 Å². The van der Waals surface area contributed by atoms with Crippen LogP contribution in [0.1, 0.15) is 37.6 Å². The van der Waals surface area contributed by atoms with Gasteiger partial charge in [0.25, 0.3) is 0 Å². The number of aryl methyl sites for hydroxylation is 2. The van der Waals surface area contributed by atoms with Crippen molar-refractivity contribution in [2.45, 2.75) is 57.3 Å². The maximum absolute atomic E-state index is 6.40. The lowest BCUT2D eigenvalue weighted by atomic mass is 9.82. The lowest BCUT2D eigenvalue weighted by Gasteiger charge is -2.25. The molecule has 4 heteroatoms. The van der Waals surface area contributed by atoms with E-state index < -0.39 is 0 Å². The van der Waals surface area contributed by atoms with Crippen molar-refractivity contribution in [1.82, 2.24) is 9.78 Å². The van der Waals surface area contributed by atoms with Gasteiger partial charge in [0.1, 0.15) is 0 Å². The van der Waals surface area contributed by atoms with Crippen molar-refractivity contribution >= 4 is 0 Å². The molecule has 4 atom stereocenters. The van der Waals surface area contributed by atoms with E-state index in [1.165, 1.54) is 18.5 Å². The number of aromatic nitrogens is 2. The number of nitrogens with zero attached hydrogens (tertiary/aromatic N) is 2. The molecule has 0 aromatic carbocycles. The molecule has 2 N–H and O–H groups in total. The Morgan fingerprint density at radius 1 is 1.56 bits per heavy atom. The predicted molar refractivity (Wildman–Crippen MR) is 70.3 cm³/mol.